The largest absolute Gasteiger partial charge is 0.457 e. The van der Waals surface area contributed by atoms with Crippen LogP contribution >= 0.6 is 0 Å². The van der Waals surface area contributed by atoms with Crippen molar-refractivity contribution in [3.05, 3.63) is 35.8 Å². The van der Waals surface area contributed by atoms with Crippen LogP contribution in [0.4, 0.5) is 30.5 Å². The fourth-order valence-corrected chi connectivity index (χ4v) is 5.22. The lowest BCUT2D eigenvalue weighted by Gasteiger charge is -2.27. The molecule has 5 rings (SSSR count). The predicted molar refractivity (Wildman–Crippen MR) is 135 cm³/mol. The first kappa shape index (κ1) is 25.7. The van der Waals surface area contributed by atoms with Crippen LogP contribution in [0.5, 0.6) is 0 Å². The molecule has 3 aromatic rings. The number of hydrogen-bond donors (Lipinski definition) is 2. The second-order valence-electron chi connectivity index (χ2n) is 10.4. The van der Waals surface area contributed by atoms with Gasteiger partial charge in [-0.3, -0.25) is 19.8 Å². The zero-order chi connectivity index (χ0) is 27.6. The summed E-state index contributed by atoms with van der Waals surface area (Å²) in [7, 11) is 0. The molecule has 2 aliphatic heterocycles. The number of likely N-dealkylation sites (tertiary alicyclic amines) is 1. The monoisotopic (exact) mass is 530 g/mol. The highest BCUT2D eigenvalue weighted by Gasteiger charge is 2.49. The van der Waals surface area contributed by atoms with Crippen LogP contribution in [0, 0.1) is 5.41 Å². The lowest BCUT2D eigenvalue weighted by atomic mass is 9.87. The Kier molecular flexibility index (Phi) is 5.99. The van der Waals surface area contributed by atoms with Crippen molar-refractivity contribution in [1.82, 2.24) is 24.6 Å². The van der Waals surface area contributed by atoms with Gasteiger partial charge in [-0.05, 0) is 58.7 Å². The molecule has 10 nitrogen and oxygen atoms in total. The number of alkyl halides is 3. The molecule has 3 N–H and O–H groups in total. The Balaban J connectivity index is 1.46. The van der Waals surface area contributed by atoms with Crippen molar-refractivity contribution in [1.29, 1.82) is 5.41 Å². The Hall–Kier alpha value is -3.90. The number of aromatic nitrogens is 4. The molecule has 2 aliphatic rings. The smallest absolute Gasteiger partial charge is 0.408 e. The van der Waals surface area contributed by atoms with E-state index < -0.39 is 23.7 Å². The lowest BCUT2D eigenvalue weighted by Crippen LogP contribution is -2.45. The van der Waals surface area contributed by atoms with Gasteiger partial charge in [0.2, 0.25) is 5.91 Å². The van der Waals surface area contributed by atoms with Gasteiger partial charge in [-0.15, -0.1) is 0 Å². The normalized spacial score (nSPS) is 19.1. The SMILES string of the molecule is CC(C)n1ncc2cc(N3C(=O)C(C)(C)c4c(N)nc(COC(=N)N5CCCC5C(F)(F)F)nc43)ccc21. The van der Waals surface area contributed by atoms with Gasteiger partial charge in [-0.2, -0.15) is 18.3 Å². The first-order chi connectivity index (χ1) is 17.8. The van der Waals surface area contributed by atoms with E-state index in [9.17, 15) is 18.0 Å². The minimum absolute atomic E-state index is 0.0537. The second-order valence-corrected chi connectivity index (χ2v) is 10.4. The molecule has 0 aliphatic carbocycles. The number of benzene rings is 1. The Morgan fingerprint density at radius 3 is 2.71 bits per heavy atom. The van der Waals surface area contributed by atoms with Gasteiger partial charge >= 0.3 is 6.18 Å². The fourth-order valence-electron chi connectivity index (χ4n) is 5.22. The highest BCUT2D eigenvalue weighted by molar-refractivity contribution is 6.13. The van der Waals surface area contributed by atoms with Gasteiger partial charge in [0.05, 0.1) is 28.4 Å². The van der Waals surface area contributed by atoms with Crippen molar-refractivity contribution in [3.8, 4) is 0 Å². The zero-order valence-corrected chi connectivity index (χ0v) is 21.5. The molecule has 202 valence electrons. The van der Waals surface area contributed by atoms with Gasteiger partial charge in [-0.1, -0.05) is 0 Å². The van der Waals surface area contributed by atoms with Crippen LogP contribution in [0.2, 0.25) is 0 Å². The first-order valence-electron chi connectivity index (χ1n) is 12.3. The van der Waals surface area contributed by atoms with E-state index in [1.807, 2.05) is 30.7 Å². The van der Waals surface area contributed by atoms with E-state index in [4.69, 9.17) is 15.9 Å². The summed E-state index contributed by atoms with van der Waals surface area (Å²) in [5, 5.41) is 13.4. The topological polar surface area (TPSA) is 126 Å². The number of carbonyl (C=O) groups is 1. The van der Waals surface area contributed by atoms with Crippen molar-refractivity contribution < 1.29 is 22.7 Å². The minimum atomic E-state index is -4.46. The third-order valence-corrected chi connectivity index (χ3v) is 7.09. The average Bonchev–Trinajstić information content (AvgIpc) is 3.53. The van der Waals surface area contributed by atoms with Crippen LogP contribution in [-0.4, -0.2) is 55.3 Å². The molecule has 1 amide bonds. The van der Waals surface area contributed by atoms with Crippen LogP contribution in [0.1, 0.15) is 58.0 Å². The van der Waals surface area contributed by atoms with Gasteiger partial charge < -0.3 is 15.4 Å². The molecule has 1 atom stereocenters. The third kappa shape index (κ3) is 4.09. The Labute approximate surface area is 217 Å². The fraction of sp³-hybridized carbons (Fsp3) is 0.480. The number of carbonyl (C=O) groups excluding carboxylic acids is 1. The summed E-state index contributed by atoms with van der Waals surface area (Å²) in [6.07, 6.45) is -2.51. The third-order valence-electron chi connectivity index (χ3n) is 7.09. The molecule has 1 fully saturated rings. The van der Waals surface area contributed by atoms with Crippen molar-refractivity contribution in [3.63, 3.8) is 0 Å². The van der Waals surface area contributed by atoms with Gasteiger partial charge in [-0.25, -0.2) is 9.97 Å². The summed E-state index contributed by atoms with van der Waals surface area (Å²) < 4.78 is 47.2. The first-order valence-corrected chi connectivity index (χ1v) is 12.3. The highest BCUT2D eigenvalue weighted by atomic mass is 19.4. The maximum absolute atomic E-state index is 13.6. The number of fused-ring (bicyclic) bond motifs is 2. The number of hydrogen-bond acceptors (Lipinski definition) is 7. The zero-order valence-electron chi connectivity index (χ0n) is 21.5. The number of rotatable bonds is 4. The minimum Gasteiger partial charge on any atom is -0.457 e. The Morgan fingerprint density at radius 2 is 2.03 bits per heavy atom. The van der Waals surface area contributed by atoms with E-state index in [1.165, 1.54) is 4.90 Å². The molecular weight excluding hydrogens is 501 g/mol. The molecule has 0 spiro atoms. The molecule has 0 bridgehead atoms. The van der Waals surface area contributed by atoms with E-state index in [0.717, 1.165) is 15.8 Å². The number of amides is 1. The Bertz CT molecular complexity index is 1430. The highest BCUT2D eigenvalue weighted by Crippen LogP contribution is 2.47. The standard InChI is InChI=1S/C25H29F3N8O2/c1-13(2)36-16-8-7-15(10-14(16)11-31-36)35-21-19(24(3,4)22(35)37)20(29)32-18(33-21)12-38-23(30)34-9-5-6-17(34)25(26,27)28/h7-8,10-11,13,17,30H,5-6,9,12H2,1-4H3,(H2,29,32,33). The summed E-state index contributed by atoms with van der Waals surface area (Å²) in [4.78, 5) is 24.7. The number of nitrogen functional groups attached to an aromatic ring is 1. The van der Waals surface area contributed by atoms with Crippen LogP contribution < -0.4 is 10.6 Å². The molecule has 0 saturated carbocycles. The van der Waals surface area contributed by atoms with Crippen LogP contribution in [-0.2, 0) is 21.6 Å². The number of anilines is 3. The molecule has 0 radical (unpaired) electrons. The van der Waals surface area contributed by atoms with Gasteiger partial charge in [0.15, 0.2) is 12.4 Å². The maximum Gasteiger partial charge on any atom is 0.408 e. The number of amidine groups is 1. The number of nitrogens with two attached hydrogens (primary N) is 1. The molecule has 38 heavy (non-hydrogen) atoms. The maximum atomic E-state index is 13.6. The lowest BCUT2D eigenvalue weighted by molar-refractivity contribution is -0.169. The van der Waals surface area contributed by atoms with E-state index in [1.54, 1.807) is 26.1 Å². The van der Waals surface area contributed by atoms with Gasteiger partial charge in [0, 0.05) is 18.0 Å². The Morgan fingerprint density at radius 1 is 1.29 bits per heavy atom. The average molecular weight is 531 g/mol. The van der Waals surface area contributed by atoms with Crippen LogP contribution in [0.25, 0.3) is 10.9 Å². The molecular formula is C25H29F3N8O2. The molecule has 2 aromatic heterocycles. The summed E-state index contributed by atoms with van der Waals surface area (Å²) in [6.45, 7) is 7.22. The summed E-state index contributed by atoms with van der Waals surface area (Å²) in [6, 6.07) is 3.34. The molecule has 1 aromatic carbocycles. The number of nitrogens with zero attached hydrogens (tertiary/aromatic N) is 6. The van der Waals surface area contributed by atoms with E-state index >= 15 is 0 Å². The van der Waals surface area contributed by atoms with Crippen molar-refractivity contribution in [2.24, 2.45) is 0 Å². The predicted octanol–water partition coefficient (Wildman–Crippen LogP) is 4.42. The van der Waals surface area contributed by atoms with E-state index in [2.05, 4.69) is 15.1 Å². The van der Waals surface area contributed by atoms with E-state index in [-0.39, 0.29) is 49.0 Å². The van der Waals surface area contributed by atoms with Gasteiger partial charge in [0.25, 0.3) is 6.02 Å². The number of halogens is 3. The van der Waals surface area contributed by atoms with E-state index in [0.29, 0.717) is 17.7 Å². The number of ether oxygens (including phenoxy) is 1. The van der Waals surface area contributed by atoms with Crippen LogP contribution in [0.3, 0.4) is 0 Å². The molecule has 1 unspecified atom stereocenters. The van der Waals surface area contributed by atoms with Crippen LogP contribution in [0.15, 0.2) is 24.4 Å². The second kappa shape index (κ2) is 8.84. The summed E-state index contributed by atoms with van der Waals surface area (Å²) in [5.74, 6) is 0.157. The summed E-state index contributed by atoms with van der Waals surface area (Å²) in [5.41, 5.74) is 7.20. The quantitative estimate of drug-likeness (QED) is 0.378. The number of nitrogens with one attached hydrogen (secondary N) is 1. The molecule has 13 heteroatoms. The van der Waals surface area contributed by atoms with Crippen molar-refractivity contribution in [2.45, 2.75) is 70.8 Å². The molecule has 1 saturated heterocycles. The van der Waals surface area contributed by atoms with Crippen molar-refractivity contribution in [2.75, 3.05) is 17.2 Å². The molecule has 4 heterocycles. The summed E-state index contributed by atoms with van der Waals surface area (Å²) >= 11 is 0. The van der Waals surface area contributed by atoms with Gasteiger partial charge in [0.1, 0.15) is 17.7 Å². The van der Waals surface area contributed by atoms with Crippen molar-refractivity contribution >= 4 is 40.2 Å².